The highest BCUT2D eigenvalue weighted by molar-refractivity contribution is 7.89. The van der Waals surface area contributed by atoms with Crippen LogP contribution in [-0.2, 0) is 14.8 Å². The molecule has 0 radical (unpaired) electrons. The Labute approximate surface area is 126 Å². The molecule has 1 amide bonds. The van der Waals surface area contributed by atoms with Gasteiger partial charge in [-0.3, -0.25) is 14.5 Å². The molecule has 0 saturated carbocycles. The van der Waals surface area contributed by atoms with Gasteiger partial charge in [0.05, 0.1) is 12.3 Å². The van der Waals surface area contributed by atoms with E-state index in [1.165, 1.54) is 11.3 Å². The van der Waals surface area contributed by atoms with Gasteiger partial charge in [0, 0.05) is 18.1 Å². The first-order valence-corrected chi connectivity index (χ1v) is 8.78. The van der Waals surface area contributed by atoms with Gasteiger partial charge in [-0.25, -0.2) is 13.4 Å². The number of nitrogens with one attached hydrogen (secondary N) is 2. The summed E-state index contributed by atoms with van der Waals surface area (Å²) in [6, 6.07) is -0.687. The number of hydrogen-bond acceptors (Lipinski definition) is 7. The van der Waals surface area contributed by atoms with E-state index in [4.69, 9.17) is 11.5 Å². The molecule has 6 N–H and O–H groups in total. The van der Waals surface area contributed by atoms with Gasteiger partial charge in [-0.05, 0) is 12.8 Å². The van der Waals surface area contributed by atoms with Crippen LogP contribution in [0.1, 0.15) is 12.8 Å². The molecule has 1 aromatic rings. The van der Waals surface area contributed by atoms with Crippen molar-refractivity contribution in [2.75, 3.05) is 18.1 Å². The molecule has 0 unspecified atom stereocenters. The monoisotopic (exact) mass is 334 g/mol. The van der Waals surface area contributed by atoms with Crippen LogP contribution in [0.2, 0.25) is 0 Å². The molecule has 1 heterocycles. The summed E-state index contributed by atoms with van der Waals surface area (Å²) < 4.78 is 23.8. The van der Waals surface area contributed by atoms with Crippen molar-refractivity contribution < 1.29 is 13.2 Å². The van der Waals surface area contributed by atoms with E-state index in [1.807, 2.05) is 4.72 Å². The van der Waals surface area contributed by atoms with Crippen LogP contribution in [-0.4, -0.2) is 44.1 Å². The fourth-order valence-corrected chi connectivity index (χ4v) is 2.32. The average molecular weight is 334 g/mol. The molecular weight excluding hydrogens is 316 g/mol. The number of amides is 1. The standard InChI is InChI=1S/C10H18N6O3S2/c1-21(18,19)16-9(12)13-4-2-3-7(11)8(17)15-10-14-5-6-20-10/h5-7H,2-4,11H2,1H3,(H3,12,13,16)(H,14,15,17)/t7-/m0/s1. The molecule has 0 saturated heterocycles. The van der Waals surface area contributed by atoms with Crippen molar-refractivity contribution in [1.29, 1.82) is 0 Å². The molecule has 0 spiro atoms. The first-order chi connectivity index (χ1) is 9.78. The average Bonchev–Trinajstić information content (AvgIpc) is 2.84. The maximum Gasteiger partial charge on any atom is 0.243 e. The molecule has 0 aliphatic heterocycles. The summed E-state index contributed by atoms with van der Waals surface area (Å²) in [4.78, 5) is 19.4. The van der Waals surface area contributed by atoms with Crippen LogP contribution < -0.4 is 21.5 Å². The summed E-state index contributed by atoms with van der Waals surface area (Å²) in [6.07, 6.45) is 3.46. The lowest BCUT2D eigenvalue weighted by atomic mass is 10.1. The Hall–Kier alpha value is -1.72. The number of anilines is 1. The molecule has 0 bridgehead atoms. The van der Waals surface area contributed by atoms with Crippen molar-refractivity contribution in [1.82, 2.24) is 9.71 Å². The maximum atomic E-state index is 11.7. The normalized spacial score (nSPS) is 13.7. The molecule has 11 heteroatoms. The predicted octanol–water partition coefficient (Wildman–Crippen LogP) is -0.947. The van der Waals surface area contributed by atoms with Crippen LogP contribution in [0, 0.1) is 0 Å². The number of rotatable bonds is 7. The second kappa shape index (κ2) is 7.90. The molecule has 1 atom stereocenters. The van der Waals surface area contributed by atoms with Gasteiger partial charge in [0.2, 0.25) is 21.9 Å². The summed E-state index contributed by atoms with van der Waals surface area (Å²) in [5.41, 5.74) is 11.1. The summed E-state index contributed by atoms with van der Waals surface area (Å²) in [5, 5.41) is 4.83. The van der Waals surface area contributed by atoms with Gasteiger partial charge in [-0.2, -0.15) is 0 Å². The molecule has 118 valence electrons. The number of thiazole rings is 1. The Morgan fingerprint density at radius 2 is 2.29 bits per heavy atom. The molecule has 21 heavy (non-hydrogen) atoms. The van der Waals surface area contributed by atoms with E-state index in [0.717, 1.165) is 6.26 Å². The number of hydrogen-bond donors (Lipinski definition) is 4. The molecule has 0 aromatic carbocycles. The van der Waals surface area contributed by atoms with Crippen molar-refractivity contribution in [2.24, 2.45) is 16.5 Å². The number of guanidine groups is 1. The van der Waals surface area contributed by atoms with E-state index < -0.39 is 16.1 Å². The van der Waals surface area contributed by atoms with Gasteiger partial charge < -0.3 is 16.8 Å². The van der Waals surface area contributed by atoms with Crippen molar-refractivity contribution in [3.63, 3.8) is 0 Å². The quantitative estimate of drug-likeness (QED) is 0.286. The Bertz CT molecular complexity index is 584. The van der Waals surface area contributed by atoms with E-state index in [1.54, 1.807) is 11.6 Å². The number of carbonyl (C=O) groups is 1. The fraction of sp³-hybridized carbons (Fsp3) is 0.500. The largest absolute Gasteiger partial charge is 0.369 e. The summed E-state index contributed by atoms with van der Waals surface area (Å²) in [7, 11) is -3.42. The minimum atomic E-state index is -3.42. The number of nitrogens with two attached hydrogens (primary N) is 2. The summed E-state index contributed by atoms with van der Waals surface area (Å²) in [6.45, 7) is 0.270. The topological polar surface area (TPSA) is 153 Å². The number of nitrogens with zero attached hydrogens (tertiary/aromatic N) is 2. The molecule has 9 nitrogen and oxygen atoms in total. The predicted molar refractivity (Wildman–Crippen MR) is 82.4 cm³/mol. The molecule has 0 aliphatic rings. The van der Waals surface area contributed by atoms with Gasteiger partial charge in [-0.15, -0.1) is 11.3 Å². The highest BCUT2D eigenvalue weighted by atomic mass is 32.2. The van der Waals surface area contributed by atoms with Gasteiger partial charge >= 0.3 is 0 Å². The van der Waals surface area contributed by atoms with Gasteiger partial charge in [0.1, 0.15) is 0 Å². The third-order valence-corrected chi connectivity index (χ3v) is 3.51. The van der Waals surface area contributed by atoms with E-state index in [9.17, 15) is 13.2 Å². The first-order valence-electron chi connectivity index (χ1n) is 6.01. The van der Waals surface area contributed by atoms with Crippen LogP contribution in [0.25, 0.3) is 0 Å². The first kappa shape index (κ1) is 17.3. The SMILES string of the molecule is CS(=O)(=O)NC(N)=NCCC[C@H](N)C(=O)Nc1nccs1. The maximum absolute atomic E-state index is 11.7. The van der Waals surface area contributed by atoms with Gasteiger partial charge in [-0.1, -0.05) is 0 Å². The van der Waals surface area contributed by atoms with Crippen molar-refractivity contribution in [3.8, 4) is 0 Å². The van der Waals surface area contributed by atoms with Crippen LogP contribution in [0.15, 0.2) is 16.6 Å². The van der Waals surface area contributed by atoms with Gasteiger partial charge in [0.15, 0.2) is 5.13 Å². The lowest BCUT2D eigenvalue weighted by Gasteiger charge is -2.09. The Morgan fingerprint density at radius 1 is 1.57 bits per heavy atom. The zero-order chi connectivity index (χ0) is 15.9. The minimum Gasteiger partial charge on any atom is -0.369 e. The van der Waals surface area contributed by atoms with Gasteiger partial charge in [0.25, 0.3) is 0 Å². The summed E-state index contributed by atoms with van der Waals surface area (Å²) in [5.74, 6) is -0.505. The zero-order valence-electron chi connectivity index (χ0n) is 11.4. The molecule has 1 rings (SSSR count). The molecule has 0 fully saturated rings. The fourth-order valence-electron chi connectivity index (χ4n) is 1.35. The Balaban J connectivity index is 2.28. The molecule has 0 aliphatic carbocycles. The van der Waals surface area contributed by atoms with Crippen molar-refractivity contribution >= 4 is 38.4 Å². The Kier molecular flexibility index (Phi) is 6.52. The third kappa shape index (κ3) is 7.58. The molecular formula is C10H18N6O3S2. The van der Waals surface area contributed by atoms with Crippen LogP contribution >= 0.6 is 11.3 Å². The lowest BCUT2D eigenvalue weighted by molar-refractivity contribution is -0.117. The third-order valence-electron chi connectivity index (χ3n) is 2.24. The number of sulfonamides is 1. The number of carbonyl (C=O) groups excluding carboxylic acids is 1. The van der Waals surface area contributed by atoms with Crippen LogP contribution in [0.3, 0.4) is 0 Å². The summed E-state index contributed by atoms with van der Waals surface area (Å²) >= 11 is 1.30. The highest BCUT2D eigenvalue weighted by Crippen LogP contribution is 2.10. The van der Waals surface area contributed by atoms with E-state index >= 15 is 0 Å². The number of aromatic nitrogens is 1. The second-order valence-electron chi connectivity index (χ2n) is 4.22. The smallest absolute Gasteiger partial charge is 0.243 e. The van der Waals surface area contributed by atoms with Crippen molar-refractivity contribution in [3.05, 3.63) is 11.6 Å². The van der Waals surface area contributed by atoms with Crippen LogP contribution in [0.4, 0.5) is 5.13 Å². The van der Waals surface area contributed by atoms with Crippen molar-refractivity contribution in [2.45, 2.75) is 18.9 Å². The van der Waals surface area contributed by atoms with E-state index in [2.05, 4.69) is 15.3 Å². The lowest BCUT2D eigenvalue weighted by Crippen LogP contribution is -2.37. The van der Waals surface area contributed by atoms with E-state index in [0.29, 0.717) is 18.0 Å². The zero-order valence-corrected chi connectivity index (χ0v) is 13.1. The second-order valence-corrected chi connectivity index (χ2v) is 6.86. The Morgan fingerprint density at radius 3 is 2.86 bits per heavy atom. The van der Waals surface area contributed by atoms with Crippen LogP contribution in [0.5, 0.6) is 0 Å². The minimum absolute atomic E-state index is 0.182. The number of aliphatic imine (C=N–C) groups is 1. The highest BCUT2D eigenvalue weighted by Gasteiger charge is 2.14. The van der Waals surface area contributed by atoms with E-state index in [-0.39, 0.29) is 18.4 Å². The molecule has 1 aromatic heterocycles.